The van der Waals surface area contributed by atoms with Crippen molar-refractivity contribution in [1.29, 1.82) is 0 Å². The third-order valence-electron chi connectivity index (χ3n) is 4.09. The van der Waals surface area contributed by atoms with Crippen molar-refractivity contribution in [2.24, 2.45) is 0 Å². The van der Waals surface area contributed by atoms with Crippen molar-refractivity contribution in [2.45, 2.75) is 6.92 Å². The van der Waals surface area contributed by atoms with E-state index in [9.17, 15) is 18.8 Å². The fourth-order valence-electron chi connectivity index (χ4n) is 2.71. The van der Waals surface area contributed by atoms with Crippen molar-refractivity contribution < 1.29 is 28.2 Å². The second-order valence-corrected chi connectivity index (χ2v) is 7.16. The van der Waals surface area contributed by atoms with E-state index >= 15 is 0 Å². The van der Waals surface area contributed by atoms with Crippen LogP contribution in [0.25, 0.3) is 6.08 Å². The van der Waals surface area contributed by atoms with Crippen LogP contribution in [0.1, 0.15) is 12.5 Å². The molecule has 3 amide bonds. The number of nitrogens with zero attached hydrogens (tertiary/aromatic N) is 1. The van der Waals surface area contributed by atoms with Gasteiger partial charge in [0.25, 0.3) is 11.1 Å². The molecule has 0 saturated carbocycles. The van der Waals surface area contributed by atoms with Gasteiger partial charge in [-0.15, -0.1) is 0 Å². The van der Waals surface area contributed by atoms with E-state index in [1.165, 1.54) is 31.4 Å². The van der Waals surface area contributed by atoms with E-state index in [0.717, 1.165) is 16.7 Å². The zero-order valence-corrected chi connectivity index (χ0v) is 17.1. The highest BCUT2D eigenvalue weighted by Gasteiger charge is 2.36. The largest absolute Gasteiger partial charge is 0.493 e. The molecule has 1 heterocycles. The van der Waals surface area contributed by atoms with Gasteiger partial charge >= 0.3 is 0 Å². The van der Waals surface area contributed by atoms with Gasteiger partial charge in [-0.3, -0.25) is 19.3 Å². The number of carbonyl (C=O) groups excluding carboxylic acids is 3. The Kier molecular flexibility index (Phi) is 6.73. The lowest BCUT2D eigenvalue weighted by Gasteiger charge is -2.12. The second kappa shape index (κ2) is 9.45. The average molecular weight is 430 g/mol. The molecule has 0 spiro atoms. The molecular formula is C21H19FN2O5S. The summed E-state index contributed by atoms with van der Waals surface area (Å²) in [6.45, 7) is 1.90. The summed E-state index contributed by atoms with van der Waals surface area (Å²) in [7, 11) is 1.51. The van der Waals surface area contributed by atoms with Crippen LogP contribution in [0.3, 0.4) is 0 Å². The molecule has 1 saturated heterocycles. The number of rotatable bonds is 7. The quantitative estimate of drug-likeness (QED) is 0.671. The molecule has 9 heteroatoms. The van der Waals surface area contributed by atoms with Gasteiger partial charge in [-0.25, -0.2) is 4.39 Å². The number of imide groups is 1. The Morgan fingerprint density at radius 2 is 1.90 bits per heavy atom. The molecule has 2 aromatic carbocycles. The summed E-state index contributed by atoms with van der Waals surface area (Å²) in [5, 5.41) is 1.98. The van der Waals surface area contributed by atoms with Crippen LogP contribution >= 0.6 is 11.8 Å². The van der Waals surface area contributed by atoms with Gasteiger partial charge in [0.2, 0.25) is 5.91 Å². The number of hydrogen-bond donors (Lipinski definition) is 1. The van der Waals surface area contributed by atoms with E-state index in [2.05, 4.69) is 5.32 Å². The Labute approximate surface area is 176 Å². The maximum atomic E-state index is 13.0. The predicted octanol–water partition coefficient (Wildman–Crippen LogP) is 3.91. The van der Waals surface area contributed by atoms with E-state index in [0.29, 0.717) is 29.4 Å². The highest BCUT2D eigenvalue weighted by atomic mass is 32.2. The summed E-state index contributed by atoms with van der Waals surface area (Å²) in [5.41, 5.74) is 1.02. The number of carbonyl (C=O) groups is 3. The van der Waals surface area contributed by atoms with Gasteiger partial charge in [0.1, 0.15) is 12.4 Å². The van der Waals surface area contributed by atoms with Crippen molar-refractivity contribution in [3.8, 4) is 11.5 Å². The summed E-state index contributed by atoms with van der Waals surface area (Å²) in [6.07, 6.45) is 1.56. The Balaban J connectivity index is 1.71. The van der Waals surface area contributed by atoms with Crippen LogP contribution in [0.5, 0.6) is 11.5 Å². The minimum Gasteiger partial charge on any atom is -0.493 e. The van der Waals surface area contributed by atoms with Gasteiger partial charge in [0.05, 0.1) is 18.6 Å². The summed E-state index contributed by atoms with van der Waals surface area (Å²) in [5.74, 6) is -0.485. The monoisotopic (exact) mass is 430 g/mol. The van der Waals surface area contributed by atoms with Crippen LogP contribution < -0.4 is 14.8 Å². The fourth-order valence-corrected chi connectivity index (χ4v) is 3.55. The molecule has 1 aliphatic heterocycles. The van der Waals surface area contributed by atoms with Crippen molar-refractivity contribution >= 4 is 40.6 Å². The number of hydrogen-bond acceptors (Lipinski definition) is 6. The van der Waals surface area contributed by atoms with Crippen molar-refractivity contribution in [3.05, 3.63) is 58.8 Å². The number of thioether (sulfide) groups is 1. The standard InChI is InChI=1S/C21H19FN2O5S/c1-3-29-16-9-4-13(10-17(16)28-2)11-18-20(26)24(21(27)30-18)12-19(25)23-15-7-5-14(22)6-8-15/h4-11H,3,12H2,1-2H3,(H,23,25)/b18-11-. The highest BCUT2D eigenvalue weighted by molar-refractivity contribution is 8.18. The fraction of sp³-hybridized carbons (Fsp3) is 0.190. The Hall–Kier alpha value is -3.33. The first-order valence-electron chi connectivity index (χ1n) is 9.03. The Morgan fingerprint density at radius 3 is 2.57 bits per heavy atom. The molecule has 1 fully saturated rings. The van der Waals surface area contributed by atoms with Gasteiger partial charge in [-0.1, -0.05) is 6.07 Å². The molecule has 0 aliphatic carbocycles. The highest BCUT2D eigenvalue weighted by Crippen LogP contribution is 2.34. The molecule has 0 atom stereocenters. The van der Waals surface area contributed by atoms with Crippen LogP contribution in [-0.2, 0) is 9.59 Å². The molecule has 1 aliphatic rings. The number of amides is 3. The number of ether oxygens (including phenoxy) is 2. The van der Waals surface area contributed by atoms with E-state index in [1.54, 1.807) is 24.3 Å². The molecule has 1 N–H and O–H groups in total. The number of halogens is 1. The molecular weight excluding hydrogens is 411 g/mol. The zero-order chi connectivity index (χ0) is 21.7. The number of methoxy groups -OCH3 is 1. The number of benzene rings is 2. The molecule has 156 valence electrons. The molecule has 0 bridgehead atoms. The number of anilines is 1. The lowest BCUT2D eigenvalue weighted by Crippen LogP contribution is -2.36. The van der Waals surface area contributed by atoms with E-state index < -0.39 is 29.4 Å². The summed E-state index contributed by atoms with van der Waals surface area (Å²) in [6, 6.07) is 10.3. The first kappa shape index (κ1) is 21.4. The van der Waals surface area contributed by atoms with Gasteiger partial charge in [0, 0.05) is 5.69 Å². The topological polar surface area (TPSA) is 84.9 Å². The molecule has 7 nitrogen and oxygen atoms in total. The van der Waals surface area contributed by atoms with E-state index in [-0.39, 0.29) is 4.91 Å². The summed E-state index contributed by atoms with van der Waals surface area (Å²) >= 11 is 0.752. The minimum absolute atomic E-state index is 0.195. The van der Waals surface area contributed by atoms with Crippen LogP contribution in [0.4, 0.5) is 14.9 Å². The lowest BCUT2D eigenvalue weighted by molar-refractivity contribution is -0.127. The van der Waals surface area contributed by atoms with Crippen LogP contribution in [0.15, 0.2) is 47.4 Å². The summed E-state index contributed by atoms with van der Waals surface area (Å²) < 4.78 is 23.7. The average Bonchev–Trinajstić information content (AvgIpc) is 2.98. The van der Waals surface area contributed by atoms with Gasteiger partial charge < -0.3 is 14.8 Å². The van der Waals surface area contributed by atoms with Crippen LogP contribution in [0, 0.1) is 5.82 Å². The Morgan fingerprint density at radius 1 is 1.17 bits per heavy atom. The van der Waals surface area contributed by atoms with Gasteiger partial charge in [-0.2, -0.15) is 0 Å². The molecule has 3 rings (SSSR count). The maximum absolute atomic E-state index is 13.0. The van der Waals surface area contributed by atoms with E-state index in [4.69, 9.17) is 9.47 Å². The van der Waals surface area contributed by atoms with Gasteiger partial charge in [-0.05, 0) is 66.7 Å². The van der Waals surface area contributed by atoms with Crippen molar-refractivity contribution in [1.82, 2.24) is 4.90 Å². The third-order valence-corrected chi connectivity index (χ3v) is 5.00. The first-order chi connectivity index (χ1) is 14.4. The number of nitrogens with one attached hydrogen (secondary N) is 1. The normalized spacial score (nSPS) is 14.9. The molecule has 0 aromatic heterocycles. The molecule has 2 aromatic rings. The van der Waals surface area contributed by atoms with E-state index in [1.807, 2.05) is 6.92 Å². The molecule has 30 heavy (non-hydrogen) atoms. The first-order valence-corrected chi connectivity index (χ1v) is 9.84. The van der Waals surface area contributed by atoms with Crippen molar-refractivity contribution in [3.63, 3.8) is 0 Å². The van der Waals surface area contributed by atoms with Gasteiger partial charge in [0.15, 0.2) is 11.5 Å². The Bertz CT molecular complexity index is 1010. The molecule has 0 radical (unpaired) electrons. The predicted molar refractivity (Wildman–Crippen MR) is 112 cm³/mol. The zero-order valence-electron chi connectivity index (χ0n) is 16.3. The third kappa shape index (κ3) is 4.98. The van der Waals surface area contributed by atoms with Crippen molar-refractivity contribution in [2.75, 3.05) is 25.6 Å². The minimum atomic E-state index is -0.563. The van der Waals surface area contributed by atoms with Crippen LogP contribution in [-0.4, -0.2) is 42.2 Å². The maximum Gasteiger partial charge on any atom is 0.294 e. The molecule has 0 unspecified atom stereocenters. The second-order valence-electron chi connectivity index (χ2n) is 6.17. The SMILES string of the molecule is CCOc1ccc(/C=C2\SC(=O)N(CC(=O)Nc3ccc(F)cc3)C2=O)cc1OC. The summed E-state index contributed by atoms with van der Waals surface area (Å²) in [4.78, 5) is 38.1. The lowest BCUT2D eigenvalue weighted by atomic mass is 10.2. The van der Waals surface area contributed by atoms with Crippen LogP contribution in [0.2, 0.25) is 0 Å². The smallest absolute Gasteiger partial charge is 0.294 e.